The Hall–Kier alpha value is -3.62. The minimum absolute atomic E-state index is 0.0307. The van der Waals surface area contributed by atoms with Crippen LogP contribution in [-0.2, 0) is 16.1 Å². The number of ether oxygens (including phenoxy) is 1. The fourth-order valence-corrected chi connectivity index (χ4v) is 2.12. The van der Waals surface area contributed by atoms with Crippen molar-refractivity contribution in [1.82, 2.24) is 15.5 Å². The molecule has 0 aliphatic rings. The lowest BCUT2D eigenvalue weighted by atomic mass is 10.2. The van der Waals surface area contributed by atoms with E-state index in [9.17, 15) is 18.4 Å². The molecule has 0 aliphatic carbocycles. The molecule has 9 heteroatoms. The Balaban J connectivity index is 1.49. The normalized spacial score (nSPS) is 10.4. The summed E-state index contributed by atoms with van der Waals surface area (Å²) in [6, 6.07) is 10.9. The maximum absolute atomic E-state index is 13.5. The smallest absolute Gasteiger partial charge is 0.325 e. The van der Waals surface area contributed by atoms with Gasteiger partial charge in [-0.15, -0.1) is 0 Å². The highest BCUT2D eigenvalue weighted by molar-refractivity contribution is 5.96. The van der Waals surface area contributed by atoms with Gasteiger partial charge in [0.2, 0.25) is 5.82 Å². The topological polar surface area (TPSA) is 94.3 Å². The second-order valence-corrected chi connectivity index (χ2v) is 5.34. The van der Waals surface area contributed by atoms with Crippen LogP contribution < -0.4 is 5.32 Å². The number of benzene rings is 2. The minimum atomic E-state index is -0.763. The van der Waals surface area contributed by atoms with Gasteiger partial charge >= 0.3 is 5.97 Å². The number of esters is 1. The van der Waals surface area contributed by atoms with Crippen LogP contribution in [0, 0.1) is 11.6 Å². The van der Waals surface area contributed by atoms with Gasteiger partial charge in [-0.25, -0.2) is 8.78 Å². The zero-order valence-corrected chi connectivity index (χ0v) is 13.8. The van der Waals surface area contributed by atoms with Crippen LogP contribution >= 0.6 is 0 Å². The molecule has 7 nitrogen and oxygen atoms in total. The fraction of sp³-hybridized carbons (Fsp3) is 0.111. The first-order valence-electron chi connectivity index (χ1n) is 7.80. The average Bonchev–Trinajstić information content (AvgIpc) is 3.14. The molecule has 0 spiro atoms. The summed E-state index contributed by atoms with van der Waals surface area (Å²) in [5.41, 5.74) is 0.362. The number of halogens is 2. The van der Waals surface area contributed by atoms with E-state index in [1.807, 2.05) is 0 Å². The van der Waals surface area contributed by atoms with E-state index in [0.29, 0.717) is 5.56 Å². The van der Waals surface area contributed by atoms with Crippen LogP contribution in [0.25, 0.3) is 11.4 Å². The first kappa shape index (κ1) is 18.2. The van der Waals surface area contributed by atoms with Gasteiger partial charge in [0.05, 0.1) is 5.56 Å². The molecular weight excluding hydrogens is 360 g/mol. The Bertz CT molecular complexity index is 957. The van der Waals surface area contributed by atoms with E-state index in [4.69, 9.17) is 9.26 Å². The largest absolute Gasteiger partial charge is 0.454 e. The molecule has 138 valence electrons. The molecule has 27 heavy (non-hydrogen) atoms. The molecule has 0 atom stereocenters. The number of rotatable bonds is 6. The Labute approximate surface area is 152 Å². The molecule has 0 saturated heterocycles. The summed E-state index contributed by atoms with van der Waals surface area (Å²) in [5, 5.41) is 5.96. The van der Waals surface area contributed by atoms with Crippen molar-refractivity contribution in [3.63, 3.8) is 0 Å². The molecule has 3 aromatic rings. The van der Waals surface area contributed by atoms with Crippen LogP contribution in [0.3, 0.4) is 0 Å². The van der Waals surface area contributed by atoms with Crippen molar-refractivity contribution in [3.8, 4) is 11.4 Å². The zero-order valence-electron chi connectivity index (χ0n) is 13.8. The van der Waals surface area contributed by atoms with Crippen LogP contribution in [0.15, 0.2) is 53.1 Å². The lowest BCUT2D eigenvalue weighted by Crippen LogP contribution is -2.31. The van der Waals surface area contributed by atoms with Crippen molar-refractivity contribution < 1.29 is 27.6 Å². The SMILES string of the molecule is O=C(CNC(=O)c1ccccc1F)OCc1nc(-c2ccc(F)cc2)no1. The van der Waals surface area contributed by atoms with E-state index >= 15 is 0 Å². The number of carbonyl (C=O) groups is 2. The Morgan fingerprint density at radius 3 is 2.56 bits per heavy atom. The standard InChI is InChI=1S/C18H13F2N3O4/c19-12-7-5-11(6-8-12)17-22-15(27-23-17)10-26-16(24)9-21-18(25)13-3-1-2-4-14(13)20/h1-8H,9-10H2,(H,21,25). The van der Waals surface area contributed by atoms with Crippen LogP contribution in [0.2, 0.25) is 0 Å². The average molecular weight is 373 g/mol. The molecule has 0 unspecified atom stereocenters. The third-order valence-electron chi connectivity index (χ3n) is 3.44. The Kier molecular flexibility index (Phi) is 5.50. The molecular formula is C18H13F2N3O4. The molecule has 1 aromatic heterocycles. The summed E-state index contributed by atoms with van der Waals surface area (Å²) < 4.78 is 36.2. The number of hydrogen-bond donors (Lipinski definition) is 1. The Morgan fingerprint density at radius 1 is 1.07 bits per heavy atom. The molecule has 1 amide bonds. The first-order chi connectivity index (χ1) is 13.0. The van der Waals surface area contributed by atoms with Gasteiger partial charge in [0, 0.05) is 5.56 Å². The summed E-state index contributed by atoms with van der Waals surface area (Å²) in [6.45, 7) is -0.755. The van der Waals surface area contributed by atoms with Crippen LogP contribution in [0.5, 0.6) is 0 Å². The van der Waals surface area contributed by atoms with Gasteiger partial charge in [-0.05, 0) is 36.4 Å². The molecule has 2 aromatic carbocycles. The predicted molar refractivity (Wildman–Crippen MR) is 88.2 cm³/mol. The van der Waals surface area contributed by atoms with Crippen LogP contribution in [-0.4, -0.2) is 28.6 Å². The van der Waals surface area contributed by atoms with Gasteiger partial charge in [-0.2, -0.15) is 4.98 Å². The molecule has 0 radical (unpaired) electrons. The molecule has 0 bridgehead atoms. The zero-order chi connectivity index (χ0) is 19.2. The van der Waals surface area contributed by atoms with Gasteiger partial charge in [0.25, 0.3) is 11.8 Å². The van der Waals surface area contributed by atoms with Gasteiger partial charge < -0.3 is 14.6 Å². The van der Waals surface area contributed by atoms with Gasteiger partial charge in [0.1, 0.15) is 18.2 Å². The molecule has 3 rings (SSSR count). The summed E-state index contributed by atoms with van der Waals surface area (Å²) in [7, 11) is 0. The number of carbonyl (C=O) groups excluding carboxylic acids is 2. The number of hydrogen-bond acceptors (Lipinski definition) is 6. The third kappa shape index (κ3) is 4.72. The van der Waals surface area contributed by atoms with E-state index in [1.54, 1.807) is 0 Å². The number of nitrogens with zero attached hydrogens (tertiary/aromatic N) is 2. The monoisotopic (exact) mass is 373 g/mol. The van der Waals surface area contributed by atoms with Crippen molar-refractivity contribution in [2.24, 2.45) is 0 Å². The number of amides is 1. The number of aromatic nitrogens is 2. The highest BCUT2D eigenvalue weighted by atomic mass is 19.1. The maximum Gasteiger partial charge on any atom is 0.325 e. The summed E-state index contributed by atoms with van der Waals surface area (Å²) in [5.74, 6) is -2.34. The van der Waals surface area contributed by atoms with Crippen molar-refractivity contribution in [1.29, 1.82) is 0 Å². The van der Waals surface area contributed by atoms with Crippen molar-refractivity contribution in [2.75, 3.05) is 6.54 Å². The summed E-state index contributed by atoms with van der Waals surface area (Å²) in [4.78, 5) is 27.5. The maximum atomic E-state index is 13.5. The summed E-state index contributed by atoms with van der Waals surface area (Å²) >= 11 is 0. The van der Waals surface area contributed by atoms with E-state index < -0.39 is 30.1 Å². The molecule has 0 saturated carbocycles. The van der Waals surface area contributed by atoms with E-state index in [0.717, 1.165) is 6.07 Å². The predicted octanol–water partition coefficient (Wildman–Crippen LogP) is 2.49. The first-order valence-corrected chi connectivity index (χ1v) is 7.80. The quantitative estimate of drug-likeness (QED) is 0.667. The van der Waals surface area contributed by atoms with Crippen molar-refractivity contribution in [2.45, 2.75) is 6.61 Å². The molecule has 0 aliphatic heterocycles. The molecule has 0 fully saturated rings. The second kappa shape index (κ2) is 8.17. The lowest BCUT2D eigenvalue weighted by molar-refractivity contribution is -0.144. The molecule has 1 N–H and O–H groups in total. The second-order valence-electron chi connectivity index (χ2n) is 5.34. The van der Waals surface area contributed by atoms with Crippen molar-refractivity contribution in [3.05, 3.63) is 71.6 Å². The highest BCUT2D eigenvalue weighted by Gasteiger charge is 2.14. The number of nitrogens with one attached hydrogen (secondary N) is 1. The fourth-order valence-electron chi connectivity index (χ4n) is 2.12. The van der Waals surface area contributed by atoms with E-state index in [2.05, 4.69) is 15.5 Å². The molecule has 1 heterocycles. The Morgan fingerprint density at radius 2 is 1.81 bits per heavy atom. The minimum Gasteiger partial charge on any atom is -0.454 e. The lowest BCUT2D eigenvalue weighted by Gasteiger charge is -2.05. The van der Waals surface area contributed by atoms with E-state index in [-0.39, 0.29) is 23.9 Å². The van der Waals surface area contributed by atoms with E-state index in [1.165, 1.54) is 42.5 Å². The van der Waals surface area contributed by atoms with Gasteiger partial charge in [0.15, 0.2) is 6.61 Å². The van der Waals surface area contributed by atoms with Crippen LogP contribution in [0.4, 0.5) is 8.78 Å². The van der Waals surface area contributed by atoms with Gasteiger partial charge in [-0.1, -0.05) is 17.3 Å². The van der Waals surface area contributed by atoms with Crippen molar-refractivity contribution >= 4 is 11.9 Å². The highest BCUT2D eigenvalue weighted by Crippen LogP contribution is 2.16. The third-order valence-corrected chi connectivity index (χ3v) is 3.44. The van der Waals surface area contributed by atoms with Gasteiger partial charge in [-0.3, -0.25) is 9.59 Å². The summed E-state index contributed by atoms with van der Waals surface area (Å²) in [6.07, 6.45) is 0. The van der Waals surface area contributed by atoms with Crippen LogP contribution in [0.1, 0.15) is 16.2 Å².